The number of nitrogens with zero attached hydrogens (tertiary/aromatic N) is 4. The Kier molecular flexibility index (Phi) is 5.30. The summed E-state index contributed by atoms with van der Waals surface area (Å²) < 4.78 is 47.8. The molecule has 0 saturated carbocycles. The Balaban J connectivity index is 1.49. The summed E-state index contributed by atoms with van der Waals surface area (Å²) in [6.45, 7) is 1.62. The van der Waals surface area contributed by atoms with E-state index in [1.165, 1.54) is 17.5 Å². The number of piperazine rings is 1. The van der Waals surface area contributed by atoms with E-state index in [2.05, 4.69) is 5.10 Å². The van der Waals surface area contributed by atoms with Crippen LogP contribution in [0.1, 0.15) is 28.9 Å². The maximum atomic E-state index is 13.6. The smallest absolute Gasteiger partial charge is 0.257 e. The van der Waals surface area contributed by atoms with Crippen molar-refractivity contribution in [2.75, 3.05) is 33.3 Å². The minimum Gasteiger partial charge on any atom is -0.495 e. The number of amides is 1. The van der Waals surface area contributed by atoms with Gasteiger partial charge in [0.1, 0.15) is 16.5 Å². The molecule has 0 N–H and O–H groups in total. The zero-order valence-electron chi connectivity index (χ0n) is 16.2. The summed E-state index contributed by atoms with van der Waals surface area (Å²) >= 11 is 0. The Morgan fingerprint density at radius 2 is 1.90 bits per heavy atom. The van der Waals surface area contributed by atoms with Crippen molar-refractivity contribution in [3.05, 3.63) is 41.5 Å². The highest BCUT2D eigenvalue weighted by Crippen LogP contribution is 2.28. The lowest BCUT2D eigenvalue weighted by atomic mass is 10.1. The standard InChI is InChI=1S/C19H23FN4O4S/c1-28-17-6-5-14(20)12-18(17)29(26,27)23-10-8-22(9-11-23)19(25)15-13-21-24-7-3-2-4-16(15)24/h5-6,12-13H,2-4,7-11H2,1H3. The zero-order chi connectivity index (χ0) is 20.6. The first-order valence-electron chi connectivity index (χ1n) is 9.59. The fourth-order valence-electron chi connectivity index (χ4n) is 3.89. The van der Waals surface area contributed by atoms with Crippen LogP contribution >= 0.6 is 0 Å². The molecule has 1 fully saturated rings. The highest BCUT2D eigenvalue weighted by atomic mass is 32.2. The highest BCUT2D eigenvalue weighted by molar-refractivity contribution is 7.89. The number of rotatable bonds is 4. The van der Waals surface area contributed by atoms with Crippen LogP contribution in [0, 0.1) is 5.82 Å². The second-order valence-electron chi connectivity index (χ2n) is 7.18. The van der Waals surface area contributed by atoms with Crippen LogP contribution < -0.4 is 4.74 Å². The Hall–Kier alpha value is -2.46. The molecule has 1 amide bonds. The average molecular weight is 422 g/mol. The molecule has 2 aliphatic rings. The van der Waals surface area contributed by atoms with Crippen molar-refractivity contribution in [2.45, 2.75) is 30.7 Å². The van der Waals surface area contributed by atoms with Crippen molar-refractivity contribution in [1.29, 1.82) is 0 Å². The summed E-state index contributed by atoms with van der Waals surface area (Å²) in [7, 11) is -2.59. The molecule has 2 aromatic rings. The van der Waals surface area contributed by atoms with Gasteiger partial charge in [0.2, 0.25) is 10.0 Å². The van der Waals surface area contributed by atoms with Gasteiger partial charge in [0.25, 0.3) is 5.91 Å². The first-order valence-corrected chi connectivity index (χ1v) is 11.0. The third-order valence-electron chi connectivity index (χ3n) is 5.48. The summed E-state index contributed by atoms with van der Waals surface area (Å²) in [6.07, 6.45) is 4.54. The second-order valence-corrected chi connectivity index (χ2v) is 9.08. The number of ether oxygens (including phenoxy) is 1. The van der Waals surface area contributed by atoms with Crippen LogP contribution in [0.4, 0.5) is 4.39 Å². The lowest BCUT2D eigenvalue weighted by Crippen LogP contribution is -2.50. The molecule has 0 atom stereocenters. The predicted molar refractivity (Wildman–Crippen MR) is 103 cm³/mol. The Labute approximate surface area is 168 Å². The van der Waals surface area contributed by atoms with Crippen molar-refractivity contribution in [1.82, 2.24) is 19.0 Å². The normalized spacial score (nSPS) is 17.8. The van der Waals surface area contributed by atoms with Gasteiger partial charge in [0, 0.05) is 32.7 Å². The van der Waals surface area contributed by atoms with Gasteiger partial charge < -0.3 is 9.64 Å². The van der Waals surface area contributed by atoms with Gasteiger partial charge in [-0.25, -0.2) is 12.8 Å². The van der Waals surface area contributed by atoms with Crippen LogP contribution in [0.2, 0.25) is 0 Å². The van der Waals surface area contributed by atoms with E-state index in [0.717, 1.165) is 43.6 Å². The molecule has 156 valence electrons. The maximum Gasteiger partial charge on any atom is 0.257 e. The molecule has 2 aliphatic heterocycles. The molecule has 0 spiro atoms. The molecule has 0 radical (unpaired) electrons. The molecule has 3 heterocycles. The Morgan fingerprint density at radius 3 is 2.62 bits per heavy atom. The van der Waals surface area contributed by atoms with E-state index in [9.17, 15) is 17.6 Å². The van der Waals surface area contributed by atoms with Gasteiger partial charge >= 0.3 is 0 Å². The topological polar surface area (TPSA) is 84.7 Å². The van der Waals surface area contributed by atoms with Crippen molar-refractivity contribution < 1.29 is 22.3 Å². The number of sulfonamides is 1. The van der Waals surface area contributed by atoms with Crippen LogP contribution in [-0.2, 0) is 23.0 Å². The summed E-state index contributed by atoms with van der Waals surface area (Å²) in [5.41, 5.74) is 1.56. The molecule has 8 nitrogen and oxygen atoms in total. The average Bonchev–Trinajstić information content (AvgIpc) is 3.17. The lowest BCUT2D eigenvalue weighted by molar-refractivity contribution is 0.0696. The van der Waals surface area contributed by atoms with E-state index in [0.29, 0.717) is 5.56 Å². The van der Waals surface area contributed by atoms with Crippen LogP contribution in [0.15, 0.2) is 29.3 Å². The van der Waals surface area contributed by atoms with Crippen molar-refractivity contribution in [2.24, 2.45) is 0 Å². The summed E-state index contributed by atoms with van der Waals surface area (Å²) in [5, 5.41) is 4.31. The van der Waals surface area contributed by atoms with Crippen molar-refractivity contribution >= 4 is 15.9 Å². The molecule has 0 aliphatic carbocycles. The minimum absolute atomic E-state index is 0.0939. The van der Waals surface area contributed by atoms with E-state index < -0.39 is 15.8 Å². The van der Waals surface area contributed by atoms with Crippen LogP contribution in [0.25, 0.3) is 0 Å². The lowest BCUT2D eigenvalue weighted by Gasteiger charge is -2.34. The number of halogens is 1. The number of carbonyl (C=O) groups is 1. The van der Waals surface area contributed by atoms with Crippen LogP contribution in [-0.4, -0.2) is 66.6 Å². The maximum absolute atomic E-state index is 13.6. The molecular formula is C19H23FN4O4S. The fourth-order valence-corrected chi connectivity index (χ4v) is 5.48. The summed E-state index contributed by atoms with van der Waals surface area (Å²) in [5.74, 6) is -0.672. The first-order chi connectivity index (χ1) is 13.9. The van der Waals surface area contributed by atoms with Gasteiger partial charge in [0.05, 0.1) is 24.6 Å². The number of benzene rings is 1. The molecule has 29 heavy (non-hydrogen) atoms. The van der Waals surface area contributed by atoms with E-state index in [1.807, 2.05) is 4.68 Å². The van der Waals surface area contributed by atoms with Gasteiger partial charge in [-0.15, -0.1) is 0 Å². The molecule has 0 unspecified atom stereocenters. The van der Waals surface area contributed by atoms with Gasteiger partial charge in [-0.1, -0.05) is 0 Å². The van der Waals surface area contributed by atoms with E-state index >= 15 is 0 Å². The van der Waals surface area contributed by atoms with Gasteiger partial charge in [-0.3, -0.25) is 9.48 Å². The molecule has 1 saturated heterocycles. The van der Waals surface area contributed by atoms with E-state index in [4.69, 9.17) is 4.74 Å². The summed E-state index contributed by atoms with van der Waals surface area (Å²) in [6, 6.07) is 3.41. The highest BCUT2D eigenvalue weighted by Gasteiger charge is 2.33. The second kappa shape index (κ2) is 7.75. The number of hydrogen-bond donors (Lipinski definition) is 0. The van der Waals surface area contributed by atoms with Gasteiger partial charge in [0.15, 0.2) is 0 Å². The first kappa shape index (κ1) is 19.8. The Morgan fingerprint density at radius 1 is 1.14 bits per heavy atom. The largest absolute Gasteiger partial charge is 0.495 e. The number of fused-ring (bicyclic) bond motifs is 1. The molecule has 10 heteroatoms. The monoisotopic (exact) mass is 422 g/mol. The zero-order valence-corrected chi connectivity index (χ0v) is 17.0. The van der Waals surface area contributed by atoms with Gasteiger partial charge in [-0.2, -0.15) is 9.40 Å². The molecule has 1 aromatic heterocycles. The fraction of sp³-hybridized carbons (Fsp3) is 0.474. The molecule has 0 bridgehead atoms. The van der Waals surface area contributed by atoms with Crippen molar-refractivity contribution in [3.63, 3.8) is 0 Å². The van der Waals surface area contributed by atoms with Gasteiger partial charge in [-0.05, 0) is 37.5 Å². The van der Waals surface area contributed by atoms with Crippen LogP contribution in [0.3, 0.4) is 0 Å². The predicted octanol–water partition coefficient (Wildman–Crippen LogP) is 1.51. The molecule has 1 aromatic carbocycles. The number of aryl methyl sites for hydroxylation is 1. The quantitative estimate of drug-likeness (QED) is 0.746. The third kappa shape index (κ3) is 3.62. The number of carbonyl (C=O) groups excluding carboxylic acids is 1. The van der Waals surface area contributed by atoms with Crippen LogP contribution in [0.5, 0.6) is 5.75 Å². The number of methoxy groups -OCH3 is 1. The molecular weight excluding hydrogens is 399 g/mol. The third-order valence-corrected chi connectivity index (χ3v) is 7.40. The van der Waals surface area contributed by atoms with E-state index in [-0.39, 0.29) is 42.7 Å². The molecule has 4 rings (SSSR count). The van der Waals surface area contributed by atoms with Crippen molar-refractivity contribution in [3.8, 4) is 5.75 Å². The number of aromatic nitrogens is 2. The number of hydrogen-bond acceptors (Lipinski definition) is 5. The summed E-state index contributed by atoms with van der Waals surface area (Å²) in [4.78, 5) is 14.4. The SMILES string of the molecule is COc1ccc(F)cc1S(=O)(=O)N1CCN(C(=O)c2cnn3c2CCCC3)CC1. The minimum atomic E-state index is -3.93. The Bertz CT molecular complexity index is 1030. The van der Waals surface area contributed by atoms with E-state index in [1.54, 1.807) is 11.1 Å².